The fourth-order valence-electron chi connectivity index (χ4n) is 2.46. The molecule has 1 aliphatic heterocycles. The zero-order valence-electron chi connectivity index (χ0n) is 11.4. The van der Waals surface area contributed by atoms with Gasteiger partial charge in [0.1, 0.15) is 0 Å². The minimum Gasteiger partial charge on any atom is -0.342 e. The summed E-state index contributed by atoms with van der Waals surface area (Å²) >= 11 is 3.38. The zero-order valence-corrected chi connectivity index (χ0v) is 12.9. The van der Waals surface area contributed by atoms with Crippen LogP contribution in [-0.2, 0) is 0 Å². The number of piperidine rings is 1. The maximum atomic E-state index is 12.2. The summed E-state index contributed by atoms with van der Waals surface area (Å²) in [5, 5.41) is 3.37. The number of nitrogens with zero attached hydrogens (tertiary/aromatic N) is 1. The van der Waals surface area contributed by atoms with Gasteiger partial charge in [-0.3, -0.25) is 4.79 Å². The zero-order chi connectivity index (χ0) is 13.7. The lowest BCUT2D eigenvalue weighted by atomic mass is 9.94. The van der Waals surface area contributed by atoms with Crippen molar-refractivity contribution >= 4 is 21.8 Å². The molecule has 2 rings (SSSR count). The van der Waals surface area contributed by atoms with Crippen molar-refractivity contribution in [2.45, 2.75) is 19.3 Å². The van der Waals surface area contributed by atoms with Crippen LogP contribution in [-0.4, -0.2) is 37.5 Å². The second kappa shape index (κ2) is 7.06. The SMILES string of the molecule is CN(CCC1CCNCC1)C(=O)c1ccc(Br)cc1. The summed E-state index contributed by atoms with van der Waals surface area (Å²) in [6, 6.07) is 7.56. The summed E-state index contributed by atoms with van der Waals surface area (Å²) in [7, 11) is 1.89. The van der Waals surface area contributed by atoms with Crippen molar-refractivity contribution in [2.75, 3.05) is 26.7 Å². The quantitative estimate of drug-likeness (QED) is 0.923. The fourth-order valence-corrected chi connectivity index (χ4v) is 2.73. The summed E-state index contributed by atoms with van der Waals surface area (Å²) in [4.78, 5) is 14.1. The van der Waals surface area contributed by atoms with Crippen LogP contribution in [0, 0.1) is 5.92 Å². The highest BCUT2D eigenvalue weighted by atomic mass is 79.9. The van der Waals surface area contributed by atoms with Gasteiger partial charge in [-0.2, -0.15) is 0 Å². The Morgan fingerprint density at radius 1 is 1.32 bits per heavy atom. The van der Waals surface area contributed by atoms with E-state index in [0.717, 1.165) is 42.0 Å². The van der Waals surface area contributed by atoms with E-state index in [1.165, 1.54) is 12.8 Å². The summed E-state index contributed by atoms with van der Waals surface area (Å²) in [6.45, 7) is 3.09. The Bertz CT molecular complexity index is 413. The smallest absolute Gasteiger partial charge is 0.253 e. The number of hydrogen-bond donors (Lipinski definition) is 1. The summed E-state index contributed by atoms with van der Waals surface area (Å²) < 4.78 is 1.00. The molecule has 3 nitrogen and oxygen atoms in total. The summed E-state index contributed by atoms with van der Waals surface area (Å²) in [6.07, 6.45) is 3.58. The molecule has 0 saturated carbocycles. The van der Waals surface area contributed by atoms with Crippen LogP contribution in [0.4, 0.5) is 0 Å². The van der Waals surface area contributed by atoms with E-state index in [1.54, 1.807) is 0 Å². The first-order valence-corrected chi connectivity index (χ1v) is 7.68. The van der Waals surface area contributed by atoms with E-state index in [1.807, 2.05) is 36.2 Å². The van der Waals surface area contributed by atoms with E-state index in [-0.39, 0.29) is 5.91 Å². The van der Waals surface area contributed by atoms with Crippen molar-refractivity contribution in [2.24, 2.45) is 5.92 Å². The summed E-state index contributed by atoms with van der Waals surface area (Å²) in [5.74, 6) is 0.878. The van der Waals surface area contributed by atoms with Crippen LogP contribution in [0.15, 0.2) is 28.7 Å². The standard InChI is InChI=1S/C15H21BrN2O/c1-18(11-8-12-6-9-17-10-7-12)15(19)13-2-4-14(16)5-3-13/h2-5,12,17H,6-11H2,1H3. The maximum absolute atomic E-state index is 12.2. The van der Waals surface area contributed by atoms with Gasteiger partial charge in [-0.05, 0) is 62.5 Å². The number of halogens is 1. The predicted octanol–water partition coefficient (Wildman–Crippen LogP) is 2.91. The second-order valence-corrected chi connectivity index (χ2v) is 6.13. The first kappa shape index (κ1) is 14.5. The molecule has 1 N–H and O–H groups in total. The van der Waals surface area contributed by atoms with Gasteiger partial charge in [0, 0.05) is 23.6 Å². The highest BCUT2D eigenvalue weighted by Gasteiger charge is 2.16. The molecule has 1 fully saturated rings. The van der Waals surface area contributed by atoms with Gasteiger partial charge in [-0.25, -0.2) is 0 Å². The monoisotopic (exact) mass is 324 g/mol. The van der Waals surface area contributed by atoms with E-state index in [9.17, 15) is 4.79 Å². The van der Waals surface area contributed by atoms with Gasteiger partial charge < -0.3 is 10.2 Å². The van der Waals surface area contributed by atoms with E-state index in [2.05, 4.69) is 21.2 Å². The molecule has 0 bridgehead atoms. The Hall–Kier alpha value is -0.870. The molecule has 19 heavy (non-hydrogen) atoms. The number of carbonyl (C=O) groups excluding carboxylic acids is 1. The molecular formula is C15H21BrN2O. The van der Waals surface area contributed by atoms with Crippen LogP contribution in [0.25, 0.3) is 0 Å². The maximum Gasteiger partial charge on any atom is 0.253 e. The van der Waals surface area contributed by atoms with E-state index in [0.29, 0.717) is 0 Å². The third-order valence-corrected chi connectivity index (χ3v) is 4.30. The highest BCUT2D eigenvalue weighted by Crippen LogP contribution is 2.17. The Morgan fingerprint density at radius 3 is 2.58 bits per heavy atom. The van der Waals surface area contributed by atoms with Crippen LogP contribution < -0.4 is 5.32 Å². The van der Waals surface area contributed by atoms with Gasteiger partial charge >= 0.3 is 0 Å². The molecule has 1 aromatic carbocycles. The number of benzene rings is 1. The molecule has 0 atom stereocenters. The van der Waals surface area contributed by atoms with Crippen LogP contribution in [0.1, 0.15) is 29.6 Å². The molecule has 4 heteroatoms. The Labute approximate surface area is 123 Å². The van der Waals surface area contributed by atoms with Crippen LogP contribution in [0.5, 0.6) is 0 Å². The van der Waals surface area contributed by atoms with E-state index >= 15 is 0 Å². The first-order valence-electron chi connectivity index (χ1n) is 6.88. The number of rotatable bonds is 4. The van der Waals surface area contributed by atoms with Gasteiger partial charge in [0.25, 0.3) is 5.91 Å². The normalized spacial score (nSPS) is 16.3. The van der Waals surface area contributed by atoms with Crippen molar-refractivity contribution in [3.63, 3.8) is 0 Å². The number of nitrogens with one attached hydrogen (secondary N) is 1. The van der Waals surface area contributed by atoms with Gasteiger partial charge in [0.05, 0.1) is 0 Å². The van der Waals surface area contributed by atoms with Crippen LogP contribution >= 0.6 is 15.9 Å². The minimum absolute atomic E-state index is 0.112. The fraction of sp³-hybridized carbons (Fsp3) is 0.533. The lowest BCUT2D eigenvalue weighted by molar-refractivity contribution is 0.0784. The van der Waals surface area contributed by atoms with E-state index < -0.39 is 0 Å². The minimum atomic E-state index is 0.112. The molecule has 0 spiro atoms. The molecule has 104 valence electrons. The molecule has 1 amide bonds. The topological polar surface area (TPSA) is 32.3 Å². The van der Waals surface area contributed by atoms with Gasteiger partial charge in [-0.1, -0.05) is 15.9 Å². The van der Waals surface area contributed by atoms with Crippen molar-refractivity contribution in [3.05, 3.63) is 34.3 Å². The molecule has 0 aromatic heterocycles. The van der Waals surface area contributed by atoms with E-state index in [4.69, 9.17) is 0 Å². The molecule has 1 aliphatic rings. The molecule has 1 aromatic rings. The molecular weight excluding hydrogens is 304 g/mol. The largest absolute Gasteiger partial charge is 0.342 e. The molecule has 0 radical (unpaired) electrons. The average Bonchev–Trinajstić information content (AvgIpc) is 2.46. The Morgan fingerprint density at radius 2 is 1.95 bits per heavy atom. The van der Waals surface area contributed by atoms with Gasteiger partial charge in [0.15, 0.2) is 0 Å². The molecule has 0 unspecified atom stereocenters. The van der Waals surface area contributed by atoms with Crippen LogP contribution in [0.2, 0.25) is 0 Å². The third-order valence-electron chi connectivity index (χ3n) is 3.77. The predicted molar refractivity (Wildman–Crippen MR) is 81.3 cm³/mol. The first-order chi connectivity index (χ1) is 9.16. The average molecular weight is 325 g/mol. The van der Waals surface area contributed by atoms with Crippen LogP contribution in [0.3, 0.4) is 0 Å². The number of hydrogen-bond acceptors (Lipinski definition) is 2. The third kappa shape index (κ3) is 4.32. The van der Waals surface area contributed by atoms with Gasteiger partial charge in [0.2, 0.25) is 0 Å². The number of carbonyl (C=O) groups is 1. The van der Waals surface area contributed by atoms with Crippen molar-refractivity contribution < 1.29 is 4.79 Å². The molecule has 1 heterocycles. The Balaban J connectivity index is 1.83. The highest BCUT2D eigenvalue weighted by molar-refractivity contribution is 9.10. The second-order valence-electron chi connectivity index (χ2n) is 5.22. The van der Waals surface area contributed by atoms with Crippen molar-refractivity contribution in [1.29, 1.82) is 0 Å². The Kier molecular flexibility index (Phi) is 5.40. The van der Waals surface area contributed by atoms with Crippen molar-refractivity contribution in [3.8, 4) is 0 Å². The number of amides is 1. The molecule has 1 saturated heterocycles. The lowest BCUT2D eigenvalue weighted by Crippen LogP contribution is -2.32. The summed E-state index contributed by atoms with van der Waals surface area (Å²) in [5.41, 5.74) is 0.760. The van der Waals surface area contributed by atoms with Crippen molar-refractivity contribution in [1.82, 2.24) is 10.2 Å². The van der Waals surface area contributed by atoms with Gasteiger partial charge in [-0.15, -0.1) is 0 Å². The lowest BCUT2D eigenvalue weighted by Gasteiger charge is -2.25. The molecule has 0 aliphatic carbocycles.